The van der Waals surface area contributed by atoms with E-state index in [9.17, 15) is 5.11 Å². The molecule has 0 bridgehead atoms. The van der Waals surface area contributed by atoms with E-state index < -0.39 is 6.10 Å². The van der Waals surface area contributed by atoms with Crippen LogP contribution in [-0.2, 0) is 0 Å². The molecule has 1 heterocycles. The van der Waals surface area contributed by atoms with Crippen LogP contribution in [0.5, 0.6) is 0 Å². The summed E-state index contributed by atoms with van der Waals surface area (Å²) in [6, 6.07) is 18.6. The average molecular weight is 294 g/mol. The lowest BCUT2D eigenvalue weighted by atomic mass is 10.0. The molecule has 0 aliphatic carbocycles. The van der Waals surface area contributed by atoms with E-state index in [0.717, 1.165) is 11.1 Å². The van der Waals surface area contributed by atoms with Crippen molar-refractivity contribution in [2.45, 2.75) is 19.1 Å². The number of rotatable bonds is 5. The van der Waals surface area contributed by atoms with Crippen LogP contribution in [0.1, 0.15) is 17.2 Å². The predicted molar refractivity (Wildman–Crippen MR) is 91.2 cm³/mol. The predicted octanol–water partition coefficient (Wildman–Crippen LogP) is 3.12. The minimum Gasteiger partial charge on any atom is -0.389 e. The Kier molecular flexibility index (Phi) is 4.27. The first-order valence-corrected chi connectivity index (χ1v) is 7.65. The van der Waals surface area contributed by atoms with Crippen molar-refractivity contribution in [1.29, 1.82) is 0 Å². The van der Waals surface area contributed by atoms with E-state index in [4.69, 9.17) is 0 Å². The SMILES string of the molecule is CNC[C@@H](O)[C@H](c1ccccc1)n1ccc2cc(C)ccc21. The summed E-state index contributed by atoms with van der Waals surface area (Å²) in [6.45, 7) is 2.65. The van der Waals surface area contributed by atoms with Gasteiger partial charge in [0.05, 0.1) is 12.1 Å². The Bertz CT molecular complexity index is 748. The molecular formula is C19H22N2O. The summed E-state index contributed by atoms with van der Waals surface area (Å²) < 4.78 is 2.17. The molecular weight excluding hydrogens is 272 g/mol. The number of hydrogen-bond acceptors (Lipinski definition) is 2. The Morgan fingerprint density at radius 1 is 1.09 bits per heavy atom. The Morgan fingerprint density at radius 2 is 1.86 bits per heavy atom. The average Bonchev–Trinajstić information content (AvgIpc) is 2.92. The monoisotopic (exact) mass is 294 g/mol. The fourth-order valence-corrected chi connectivity index (χ4v) is 3.07. The maximum Gasteiger partial charge on any atom is 0.0912 e. The van der Waals surface area contributed by atoms with Crippen LogP contribution in [0.4, 0.5) is 0 Å². The van der Waals surface area contributed by atoms with Gasteiger partial charge in [-0.1, -0.05) is 42.0 Å². The Hall–Kier alpha value is -2.10. The van der Waals surface area contributed by atoms with Gasteiger partial charge in [0.1, 0.15) is 0 Å². The zero-order chi connectivity index (χ0) is 15.5. The fraction of sp³-hybridized carbons (Fsp3) is 0.263. The summed E-state index contributed by atoms with van der Waals surface area (Å²) in [5.74, 6) is 0. The molecule has 3 rings (SSSR count). The smallest absolute Gasteiger partial charge is 0.0912 e. The molecule has 0 fully saturated rings. The molecule has 0 saturated heterocycles. The fourth-order valence-electron chi connectivity index (χ4n) is 3.07. The van der Waals surface area contributed by atoms with E-state index in [2.05, 4.69) is 59.4 Å². The summed E-state index contributed by atoms with van der Waals surface area (Å²) in [5, 5.41) is 14.9. The van der Waals surface area contributed by atoms with Crippen LogP contribution in [0.25, 0.3) is 10.9 Å². The van der Waals surface area contributed by atoms with Gasteiger partial charge in [-0.3, -0.25) is 0 Å². The van der Waals surface area contributed by atoms with E-state index in [-0.39, 0.29) is 6.04 Å². The van der Waals surface area contributed by atoms with Gasteiger partial charge in [-0.2, -0.15) is 0 Å². The second kappa shape index (κ2) is 6.34. The molecule has 2 N–H and O–H groups in total. The van der Waals surface area contributed by atoms with Gasteiger partial charge in [0.25, 0.3) is 0 Å². The highest BCUT2D eigenvalue weighted by molar-refractivity contribution is 5.81. The summed E-state index contributed by atoms with van der Waals surface area (Å²) in [7, 11) is 1.86. The lowest BCUT2D eigenvalue weighted by molar-refractivity contribution is 0.132. The van der Waals surface area contributed by atoms with E-state index >= 15 is 0 Å². The number of nitrogens with zero attached hydrogens (tertiary/aromatic N) is 1. The summed E-state index contributed by atoms with van der Waals surface area (Å²) in [5.41, 5.74) is 3.51. The number of likely N-dealkylation sites (N-methyl/N-ethyl adjacent to an activating group) is 1. The van der Waals surface area contributed by atoms with Crippen LogP contribution in [-0.4, -0.2) is 29.4 Å². The standard InChI is InChI=1S/C19H22N2O/c1-14-8-9-17-16(12-14)10-11-21(17)19(18(22)13-20-2)15-6-4-3-5-7-15/h3-12,18-20,22H,13H2,1-2H3/t18-,19+/m1/s1. The third-order valence-corrected chi connectivity index (χ3v) is 4.09. The first kappa shape index (κ1) is 14.8. The van der Waals surface area contributed by atoms with Gasteiger partial charge < -0.3 is 15.0 Å². The number of aliphatic hydroxyl groups excluding tert-OH is 1. The largest absolute Gasteiger partial charge is 0.389 e. The molecule has 2 atom stereocenters. The van der Waals surface area contributed by atoms with Gasteiger partial charge in [-0.25, -0.2) is 0 Å². The molecule has 2 aromatic carbocycles. The van der Waals surface area contributed by atoms with Crippen molar-refractivity contribution < 1.29 is 5.11 Å². The molecule has 0 saturated carbocycles. The van der Waals surface area contributed by atoms with E-state index in [1.807, 2.05) is 25.2 Å². The number of aryl methyl sites for hydroxylation is 1. The number of nitrogens with one attached hydrogen (secondary N) is 1. The maximum absolute atomic E-state index is 10.7. The third kappa shape index (κ3) is 2.78. The molecule has 0 radical (unpaired) electrons. The minimum atomic E-state index is -0.496. The van der Waals surface area contributed by atoms with Crippen LogP contribution in [0.3, 0.4) is 0 Å². The zero-order valence-corrected chi connectivity index (χ0v) is 13.0. The topological polar surface area (TPSA) is 37.2 Å². The number of aliphatic hydroxyl groups is 1. The van der Waals surface area contributed by atoms with Crippen molar-refractivity contribution in [3.63, 3.8) is 0 Å². The quantitative estimate of drug-likeness (QED) is 0.758. The number of fused-ring (bicyclic) bond motifs is 1. The Labute approximate surface area is 131 Å². The normalized spacial score (nSPS) is 14.1. The van der Waals surface area contributed by atoms with Crippen LogP contribution in [0.15, 0.2) is 60.8 Å². The molecule has 3 heteroatoms. The highest BCUT2D eigenvalue weighted by atomic mass is 16.3. The first-order valence-electron chi connectivity index (χ1n) is 7.65. The van der Waals surface area contributed by atoms with Crippen molar-refractivity contribution in [1.82, 2.24) is 9.88 Å². The lowest BCUT2D eigenvalue weighted by Crippen LogP contribution is -2.33. The second-order valence-corrected chi connectivity index (χ2v) is 5.77. The molecule has 22 heavy (non-hydrogen) atoms. The Morgan fingerprint density at radius 3 is 2.59 bits per heavy atom. The molecule has 3 aromatic rings. The second-order valence-electron chi connectivity index (χ2n) is 5.77. The molecule has 1 aromatic heterocycles. The van der Waals surface area contributed by atoms with Gasteiger partial charge in [0, 0.05) is 18.3 Å². The van der Waals surface area contributed by atoms with Gasteiger partial charge >= 0.3 is 0 Å². The van der Waals surface area contributed by atoms with Crippen LogP contribution < -0.4 is 5.32 Å². The highest BCUT2D eigenvalue weighted by Crippen LogP contribution is 2.28. The van der Waals surface area contributed by atoms with Gasteiger partial charge in [0.15, 0.2) is 0 Å². The molecule has 114 valence electrons. The van der Waals surface area contributed by atoms with Gasteiger partial charge in [0.2, 0.25) is 0 Å². The van der Waals surface area contributed by atoms with E-state index in [1.54, 1.807) is 0 Å². The Balaban J connectivity index is 2.11. The van der Waals surface area contributed by atoms with Crippen LogP contribution >= 0.6 is 0 Å². The van der Waals surface area contributed by atoms with Crippen molar-refractivity contribution in [3.8, 4) is 0 Å². The summed E-state index contributed by atoms with van der Waals surface area (Å²) >= 11 is 0. The lowest BCUT2D eigenvalue weighted by Gasteiger charge is -2.26. The zero-order valence-electron chi connectivity index (χ0n) is 13.0. The molecule has 0 amide bonds. The van der Waals surface area contributed by atoms with Crippen molar-refractivity contribution in [2.24, 2.45) is 0 Å². The molecule has 0 unspecified atom stereocenters. The molecule has 0 aliphatic heterocycles. The minimum absolute atomic E-state index is 0.103. The number of hydrogen-bond donors (Lipinski definition) is 2. The number of aromatic nitrogens is 1. The summed E-state index contributed by atoms with van der Waals surface area (Å²) in [4.78, 5) is 0. The van der Waals surface area contributed by atoms with Crippen LogP contribution in [0.2, 0.25) is 0 Å². The van der Waals surface area contributed by atoms with E-state index in [0.29, 0.717) is 6.54 Å². The first-order chi connectivity index (χ1) is 10.7. The molecule has 3 nitrogen and oxygen atoms in total. The summed E-state index contributed by atoms with van der Waals surface area (Å²) in [6.07, 6.45) is 1.57. The van der Waals surface area contributed by atoms with Crippen molar-refractivity contribution >= 4 is 10.9 Å². The molecule has 0 aliphatic rings. The van der Waals surface area contributed by atoms with Gasteiger partial charge in [-0.05, 0) is 43.1 Å². The third-order valence-electron chi connectivity index (χ3n) is 4.09. The number of benzene rings is 2. The van der Waals surface area contributed by atoms with E-state index in [1.165, 1.54) is 10.9 Å². The van der Waals surface area contributed by atoms with Crippen molar-refractivity contribution in [2.75, 3.05) is 13.6 Å². The van der Waals surface area contributed by atoms with Crippen molar-refractivity contribution in [3.05, 3.63) is 71.9 Å². The molecule has 0 spiro atoms. The van der Waals surface area contributed by atoms with Crippen LogP contribution in [0, 0.1) is 6.92 Å². The highest BCUT2D eigenvalue weighted by Gasteiger charge is 2.23. The van der Waals surface area contributed by atoms with Gasteiger partial charge in [-0.15, -0.1) is 0 Å². The maximum atomic E-state index is 10.7.